The van der Waals surface area contributed by atoms with Gasteiger partial charge in [0.25, 0.3) is 0 Å². The zero-order valence-electron chi connectivity index (χ0n) is 15.1. The van der Waals surface area contributed by atoms with Gasteiger partial charge in [0.2, 0.25) is 0 Å². The van der Waals surface area contributed by atoms with E-state index in [0.29, 0.717) is 49.3 Å². The molecule has 0 bridgehead atoms. The Morgan fingerprint density at radius 1 is 1.00 bits per heavy atom. The number of hydrogen-bond donors (Lipinski definition) is 0. The van der Waals surface area contributed by atoms with Crippen LogP contribution in [0.25, 0.3) is 22.2 Å². The molecule has 0 radical (unpaired) electrons. The Hall–Kier alpha value is -1.73. The maximum absolute atomic E-state index is 9.30. The summed E-state index contributed by atoms with van der Waals surface area (Å²) >= 11 is 19.0. The maximum Gasteiger partial charge on any atom is 0.317 e. The van der Waals surface area contributed by atoms with Crippen LogP contribution in [-0.2, 0) is 8.26 Å². The number of ether oxygens (including phenoxy) is 2. The average Bonchev–Trinajstić information content (AvgIpc) is 2.67. The number of fused-ring (bicyclic) bond motifs is 1. The molecule has 0 saturated heterocycles. The van der Waals surface area contributed by atoms with Gasteiger partial charge in [-0.15, -0.1) is 0 Å². The largest absolute Gasteiger partial charge is 0.495 e. The Labute approximate surface area is 195 Å². The summed E-state index contributed by atoms with van der Waals surface area (Å²) in [5.41, 5.74) is 2.20. The van der Waals surface area contributed by atoms with Crippen molar-refractivity contribution in [2.24, 2.45) is 0 Å². The van der Waals surface area contributed by atoms with Crippen molar-refractivity contribution < 1.29 is 17.9 Å². The molecule has 158 valence electrons. The quantitative estimate of drug-likeness (QED) is 0.392. The minimum absolute atomic E-state index is 0.186. The van der Waals surface area contributed by atoms with E-state index in [1.54, 1.807) is 18.2 Å². The first kappa shape index (κ1) is 24.5. The van der Waals surface area contributed by atoms with Gasteiger partial charge in [-0.25, -0.2) is 9.97 Å². The summed E-state index contributed by atoms with van der Waals surface area (Å²) in [5.74, 6) is 0.788. The van der Waals surface area contributed by atoms with Gasteiger partial charge in [0.05, 0.1) is 41.5 Å². The molecule has 0 unspecified atom stereocenters. The molecule has 3 aromatic rings. The lowest BCUT2D eigenvalue weighted by molar-refractivity contribution is 0.395. The van der Waals surface area contributed by atoms with Gasteiger partial charge < -0.3 is 9.47 Å². The number of nitrogens with zero attached hydrogens (tertiary/aromatic N) is 3. The third-order valence-corrected chi connectivity index (χ3v) is 4.57. The summed E-state index contributed by atoms with van der Waals surface area (Å²) < 4.78 is 28.9. The smallest absolute Gasteiger partial charge is 0.317 e. The second-order valence-electron chi connectivity index (χ2n) is 5.32. The minimum atomic E-state index is -3.72. The highest BCUT2D eigenvalue weighted by Gasteiger charge is 2.22. The average molecular weight is 530 g/mol. The maximum atomic E-state index is 9.30. The number of rotatable bonds is 3. The first-order chi connectivity index (χ1) is 14.0. The summed E-state index contributed by atoms with van der Waals surface area (Å²) in [6, 6.07) is 6.99. The molecule has 0 aliphatic heterocycles. The fourth-order valence-electron chi connectivity index (χ4n) is 2.49. The molecule has 3 rings (SSSR count). The van der Waals surface area contributed by atoms with Gasteiger partial charge in [-0.3, -0.25) is 0 Å². The second kappa shape index (κ2) is 10.1. The van der Waals surface area contributed by atoms with Gasteiger partial charge in [0.1, 0.15) is 28.2 Å². The van der Waals surface area contributed by atoms with Crippen molar-refractivity contribution in [1.82, 2.24) is 9.97 Å². The molecule has 30 heavy (non-hydrogen) atoms. The lowest BCUT2D eigenvalue weighted by Crippen LogP contribution is -1.96. The highest BCUT2D eigenvalue weighted by atomic mass is 36.0. The van der Waals surface area contributed by atoms with Gasteiger partial charge in [0.15, 0.2) is 0 Å². The second-order valence-corrected chi connectivity index (χ2v) is 10.1. The van der Waals surface area contributed by atoms with Gasteiger partial charge in [0, 0.05) is 38.6 Å². The highest BCUT2D eigenvalue weighted by molar-refractivity contribution is 8.31. The first-order valence-electron chi connectivity index (χ1n) is 7.61. The Balaban J connectivity index is 0.000000575. The molecule has 0 fully saturated rings. The molecular formula is C17H10Cl5N3O4S. The third kappa shape index (κ3) is 5.70. The van der Waals surface area contributed by atoms with E-state index in [9.17, 15) is 5.26 Å². The predicted molar refractivity (Wildman–Crippen MR) is 118 cm³/mol. The zero-order chi connectivity index (χ0) is 22.6. The van der Waals surface area contributed by atoms with Crippen LogP contribution in [0.3, 0.4) is 0 Å². The molecule has 0 amide bonds. The predicted octanol–water partition coefficient (Wildman–Crippen LogP) is 5.85. The molecule has 7 nitrogen and oxygen atoms in total. The molecule has 0 atom stereocenters. The topological polar surface area (TPSA) is 102 Å². The van der Waals surface area contributed by atoms with Crippen LogP contribution in [0.2, 0.25) is 15.2 Å². The Morgan fingerprint density at radius 3 is 2.00 bits per heavy atom. The van der Waals surface area contributed by atoms with Gasteiger partial charge in [-0.2, -0.15) is 13.7 Å². The van der Waals surface area contributed by atoms with E-state index >= 15 is 0 Å². The van der Waals surface area contributed by atoms with E-state index < -0.39 is 8.26 Å². The van der Waals surface area contributed by atoms with E-state index in [-0.39, 0.29) is 5.15 Å². The molecule has 1 heterocycles. The Kier molecular flexibility index (Phi) is 8.22. The number of methoxy groups -OCH3 is 2. The van der Waals surface area contributed by atoms with Gasteiger partial charge >= 0.3 is 8.26 Å². The fraction of sp³-hybridized carbons (Fsp3) is 0.118. The molecule has 13 heteroatoms. The van der Waals surface area contributed by atoms with Crippen molar-refractivity contribution in [3.05, 3.63) is 45.2 Å². The molecule has 0 N–H and O–H groups in total. The van der Waals surface area contributed by atoms with Crippen LogP contribution in [0.1, 0.15) is 5.56 Å². The van der Waals surface area contributed by atoms with Crippen molar-refractivity contribution in [2.75, 3.05) is 14.2 Å². The molecule has 1 aromatic heterocycles. The van der Waals surface area contributed by atoms with Gasteiger partial charge in [-0.05, 0) is 6.07 Å². The SMILES string of the molecule is COc1cc(OC)c(Cl)c(-c2ccc(C#N)c3ncc(Cl)nc23)c1Cl.O=S(=O)(Cl)Cl. The van der Waals surface area contributed by atoms with Crippen LogP contribution in [0.4, 0.5) is 0 Å². The van der Waals surface area contributed by atoms with E-state index in [0.717, 1.165) is 0 Å². The van der Waals surface area contributed by atoms with E-state index in [2.05, 4.69) is 37.4 Å². The summed E-state index contributed by atoms with van der Waals surface area (Å²) in [5, 5.41) is 10.1. The normalized spacial score (nSPS) is 10.7. The van der Waals surface area contributed by atoms with Gasteiger partial charge in [-0.1, -0.05) is 40.9 Å². The third-order valence-electron chi connectivity index (χ3n) is 3.63. The highest BCUT2D eigenvalue weighted by Crippen LogP contribution is 2.47. The van der Waals surface area contributed by atoms with Crippen molar-refractivity contribution in [2.45, 2.75) is 0 Å². The summed E-state index contributed by atoms with van der Waals surface area (Å²) in [6.45, 7) is 0. The van der Waals surface area contributed by atoms with E-state index in [1.165, 1.54) is 20.4 Å². The number of benzene rings is 2. The summed E-state index contributed by atoms with van der Waals surface area (Å²) in [6.07, 6.45) is 1.38. The van der Waals surface area contributed by atoms with Crippen LogP contribution in [0.15, 0.2) is 24.4 Å². The molecule has 0 saturated carbocycles. The first-order valence-corrected chi connectivity index (χ1v) is 11.9. The van der Waals surface area contributed by atoms with Crippen LogP contribution >= 0.6 is 56.2 Å². The van der Waals surface area contributed by atoms with E-state index in [4.69, 9.17) is 52.7 Å². The number of nitriles is 1. The molecule has 0 spiro atoms. The van der Waals surface area contributed by atoms with Crippen LogP contribution in [0, 0.1) is 11.3 Å². The minimum Gasteiger partial charge on any atom is -0.495 e. The molecule has 0 aliphatic carbocycles. The molecule has 2 aromatic carbocycles. The number of hydrogen-bond acceptors (Lipinski definition) is 7. The van der Waals surface area contributed by atoms with Crippen molar-refractivity contribution in [3.63, 3.8) is 0 Å². The Bertz CT molecular complexity index is 1230. The monoisotopic (exact) mass is 527 g/mol. The van der Waals surface area contributed by atoms with Crippen LogP contribution in [0.5, 0.6) is 11.5 Å². The Morgan fingerprint density at radius 2 is 1.53 bits per heavy atom. The number of aromatic nitrogens is 2. The van der Waals surface area contributed by atoms with Crippen molar-refractivity contribution in [1.29, 1.82) is 5.26 Å². The van der Waals surface area contributed by atoms with Crippen molar-refractivity contribution >= 4 is 75.5 Å². The number of halogens is 5. The molecular weight excluding hydrogens is 520 g/mol. The summed E-state index contributed by atoms with van der Waals surface area (Å²) in [7, 11) is 7.80. The summed E-state index contributed by atoms with van der Waals surface area (Å²) in [4.78, 5) is 8.52. The van der Waals surface area contributed by atoms with Crippen molar-refractivity contribution in [3.8, 4) is 28.7 Å². The van der Waals surface area contributed by atoms with Crippen LogP contribution in [-0.4, -0.2) is 32.6 Å². The zero-order valence-corrected chi connectivity index (χ0v) is 19.7. The fourth-order valence-corrected chi connectivity index (χ4v) is 3.33. The van der Waals surface area contributed by atoms with Crippen LogP contribution < -0.4 is 9.47 Å². The lowest BCUT2D eigenvalue weighted by atomic mass is 10.0. The molecule has 0 aliphatic rings. The standard InChI is InChI=1S/C17H10Cl3N3O2.Cl2O2S/c1-24-10-5-11(25-2)15(20)13(14(10)19)9-4-3-8(6-21)16-17(9)23-12(18)7-22-16;1-5(2,3)4/h3-5,7H,1-2H3;. The van der Waals surface area contributed by atoms with E-state index in [1.807, 2.05) is 0 Å². The lowest BCUT2D eigenvalue weighted by Gasteiger charge is -2.16.